The number of benzene rings is 2. The Labute approximate surface area is 228 Å². The Morgan fingerprint density at radius 1 is 1.17 bits per heavy atom. The van der Waals surface area contributed by atoms with Gasteiger partial charge in [-0.25, -0.2) is 0 Å². The van der Waals surface area contributed by atoms with E-state index < -0.39 is 0 Å². The number of phenols is 1. The summed E-state index contributed by atoms with van der Waals surface area (Å²) in [6.45, 7) is 3.48. The maximum Gasteiger partial charge on any atom is 0.161 e. The van der Waals surface area contributed by atoms with Crippen LogP contribution in [0, 0.1) is 23.2 Å². The van der Waals surface area contributed by atoms with E-state index >= 15 is 0 Å². The van der Waals surface area contributed by atoms with Crippen LogP contribution in [0.1, 0.15) is 48.8 Å². The average Bonchev–Trinajstić information content (AvgIpc) is 3.62. The van der Waals surface area contributed by atoms with Gasteiger partial charge in [-0.15, -0.1) is 0 Å². The molecule has 2 aromatic carbocycles. The number of hydrogen-bond acceptors (Lipinski definition) is 4. The lowest BCUT2D eigenvalue weighted by Crippen LogP contribution is -2.77. The Morgan fingerprint density at radius 2 is 1.97 bits per heavy atom. The van der Waals surface area contributed by atoms with E-state index in [-0.39, 0.29) is 10.8 Å². The van der Waals surface area contributed by atoms with Gasteiger partial charge in [-0.05, 0) is 86.6 Å². The summed E-state index contributed by atoms with van der Waals surface area (Å²) in [5.41, 5.74) is 4.42. The normalized spacial score (nSPS) is 41.7. The van der Waals surface area contributed by atoms with E-state index in [2.05, 4.69) is 75.8 Å². The van der Waals surface area contributed by atoms with Crippen LogP contribution in [0.15, 0.2) is 42.5 Å². The summed E-state index contributed by atoms with van der Waals surface area (Å²) in [6, 6.07) is 16.5. The largest absolute Gasteiger partial charge is 0.504 e. The second-order valence-corrected chi connectivity index (χ2v) is 15.0. The lowest BCUT2D eigenvalue weighted by molar-refractivity contribution is -0.158. The second-order valence-electron chi connectivity index (χ2n) is 13.0. The molecule has 0 aromatic heterocycles. The van der Waals surface area contributed by atoms with Crippen LogP contribution in [0.25, 0.3) is 0 Å². The molecule has 5 heteroatoms. The minimum atomic E-state index is 0.0511. The summed E-state index contributed by atoms with van der Waals surface area (Å²) in [4.78, 5) is 5.58. The SMILES string of the molecule is COc1ccc2c(c1O)C13CCN(CC4CC4)C(C2)C12CC1C(N(C)Cc4ccccc4)C3[C@@]1(I)C2. The number of likely N-dealkylation sites (tertiary alicyclic amines) is 1. The molecule has 5 fully saturated rings. The number of aromatic hydroxyl groups is 1. The first-order valence-electron chi connectivity index (χ1n) is 14.0. The van der Waals surface area contributed by atoms with Gasteiger partial charge in [-0.1, -0.05) is 59.0 Å². The molecule has 36 heavy (non-hydrogen) atoms. The number of fused-ring (bicyclic) bond motifs is 1. The van der Waals surface area contributed by atoms with Crippen LogP contribution < -0.4 is 4.74 Å². The summed E-state index contributed by atoms with van der Waals surface area (Å²) in [5, 5.41) is 11.8. The molecule has 1 spiro atoms. The maximum atomic E-state index is 11.8. The molecule has 1 N–H and O–H groups in total. The number of rotatable bonds is 6. The van der Waals surface area contributed by atoms with E-state index in [0.717, 1.165) is 24.8 Å². The molecular formula is C31H37IN2O2. The molecular weight excluding hydrogens is 559 g/mol. The quantitative estimate of drug-likeness (QED) is 0.359. The van der Waals surface area contributed by atoms with Gasteiger partial charge in [0.05, 0.1) is 7.11 Å². The van der Waals surface area contributed by atoms with Crippen LogP contribution in [0.3, 0.4) is 0 Å². The predicted molar refractivity (Wildman–Crippen MR) is 150 cm³/mol. The van der Waals surface area contributed by atoms with E-state index in [1.807, 2.05) is 6.07 Å². The standard InChI is InChI=1S/C31H37IN2O2/c1-33(16-19-6-4-3-5-7-19)26-22-15-29-18-31(22,32)28(26)30(29)12-13-34(17-20-8-9-20)24(29)14-21-10-11-23(36-2)27(35)25(21)30/h3-7,10-11,20,22,24,26,28,35H,8-9,12-18H2,1-2H3/t22?,24?,26?,28?,29?,30?,31-/m1/s1. The molecule has 5 aliphatic carbocycles. The lowest BCUT2D eigenvalue weighted by Gasteiger charge is -2.72. The molecule has 2 aromatic rings. The summed E-state index contributed by atoms with van der Waals surface area (Å²) in [6.07, 6.45) is 7.76. The molecule has 1 aliphatic heterocycles. The third kappa shape index (κ3) is 2.59. The third-order valence-electron chi connectivity index (χ3n) is 11.6. The molecule has 0 amide bonds. The third-order valence-corrected chi connectivity index (χ3v) is 13.5. The zero-order valence-electron chi connectivity index (χ0n) is 21.4. The zero-order valence-corrected chi connectivity index (χ0v) is 23.6. The van der Waals surface area contributed by atoms with Gasteiger partial charge < -0.3 is 9.84 Å². The molecule has 6 aliphatic rings. The summed E-state index contributed by atoms with van der Waals surface area (Å²) in [7, 11) is 4.06. The van der Waals surface area contributed by atoms with Crippen molar-refractivity contribution < 1.29 is 9.84 Å². The smallest absolute Gasteiger partial charge is 0.161 e. The summed E-state index contributed by atoms with van der Waals surface area (Å²) < 4.78 is 6.05. The fourth-order valence-corrected chi connectivity index (χ4v) is 12.6. The predicted octanol–water partition coefficient (Wildman–Crippen LogP) is 5.39. The number of phenolic OH excluding ortho intramolecular Hbond substituents is 1. The number of piperidine rings is 1. The van der Waals surface area contributed by atoms with Crippen molar-refractivity contribution in [2.24, 2.45) is 23.2 Å². The summed E-state index contributed by atoms with van der Waals surface area (Å²) >= 11 is 2.91. The zero-order chi connectivity index (χ0) is 24.4. The van der Waals surface area contributed by atoms with Crippen molar-refractivity contribution >= 4 is 22.6 Å². The highest BCUT2D eigenvalue weighted by molar-refractivity contribution is 14.1. The van der Waals surface area contributed by atoms with Crippen molar-refractivity contribution in [3.8, 4) is 11.5 Å². The topological polar surface area (TPSA) is 35.9 Å². The number of nitrogens with zero attached hydrogens (tertiary/aromatic N) is 2. The molecule has 190 valence electrons. The first-order chi connectivity index (χ1) is 17.4. The van der Waals surface area contributed by atoms with E-state index in [0.29, 0.717) is 32.9 Å². The maximum absolute atomic E-state index is 11.8. The number of alkyl halides is 1. The Bertz CT molecular complexity index is 1230. The Hall–Kier alpha value is -1.31. The van der Waals surface area contributed by atoms with E-state index in [4.69, 9.17) is 4.74 Å². The van der Waals surface area contributed by atoms with Gasteiger partial charge >= 0.3 is 0 Å². The number of hydrogen-bond donors (Lipinski definition) is 1. The molecule has 4 nitrogen and oxygen atoms in total. The number of halogens is 1. The van der Waals surface area contributed by atoms with Gasteiger partial charge in [-0.3, -0.25) is 9.80 Å². The molecule has 1 heterocycles. The van der Waals surface area contributed by atoms with Crippen LogP contribution in [-0.4, -0.2) is 57.7 Å². The molecule has 4 bridgehead atoms. The summed E-state index contributed by atoms with van der Waals surface area (Å²) in [5.74, 6) is 3.37. The molecule has 7 atom stereocenters. The van der Waals surface area contributed by atoms with E-state index in [9.17, 15) is 5.11 Å². The van der Waals surface area contributed by atoms with Crippen LogP contribution in [0.2, 0.25) is 0 Å². The highest BCUT2D eigenvalue weighted by atomic mass is 127. The molecule has 0 radical (unpaired) electrons. The fourth-order valence-electron chi connectivity index (χ4n) is 10.4. The van der Waals surface area contributed by atoms with Gasteiger partial charge in [0.25, 0.3) is 0 Å². The highest BCUT2D eigenvalue weighted by Crippen LogP contribution is 2.87. The van der Waals surface area contributed by atoms with Gasteiger partial charge in [0.15, 0.2) is 11.5 Å². The average molecular weight is 597 g/mol. The lowest BCUT2D eigenvalue weighted by atomic mass is 9.38. The Morgan fingerprint density at radius 3 is 2.72 bits per heavy atom. The minimum absolute atomic E-state index is 0.0511. The first kappa shape index (κ1) is 22.7. The second kappa shape index (κ2) is 7.41. The van der Waals surface area contributed by atoms with Crippen LogP contribution in [-0.2, 0) is 18.4 Å². The first-order valence-corrected chi connectivity index (χ1v) is 15.1. The highest BCUT2D eigenvalue weighted by Gasteiger charge is 2.88. The number of methoxy groups -OCH3 is 1. The van der Waals surface area contributed by atoms with Crippen LogP contribution in [0.5, 0.6) is 11.5 Å². The van der Waals surface area contributed by atoms with Crippen molar-refractivity contribution in [3.05, 3.63) is 59.2 Å². The number of ether oxygens (including phenoxy) is 1. The molecule has 4 saturated carbocycles. The monoisotopic (exact) mass is 596 g/mol. The van der Waals surface area contributed by atoms with E-state index in [1.165, 1.54) is 61.9 Å². The van der Waals surface area contributed by atoms with E-state index in [1.54, 1.807) is 7.11 Å². The fraction of sp³-hybridized carbons (Fsp3) is 0.613. The molecule has 8 rings (SSSR count). The van der Waals surface area contributed by atoms with Crippen LogP contribution >= 0.6 is 22.6 Å². The minimum Gasteiger partial charge on any atom is -0.504 e. The van der Waals surface area contributed by atoms with Crippen molar-refractivity contribution in [1.82, 2.24) is 9.80 Å². The van der Waals surface area contributed by atoms with Crippen molar-refractivity contribution in [2.45, 2.75) is 66.0 Å². The molecule has 6 unspecified atom stereocenters. The van der Waals surface area contributed by atoms with Gasteiger partial charge in [0, 0.05) is 45.5 Å². The van der Waals surface area contributed by atoms with Gasteiger partial charge in [0.1, 0.15) is 0 Å². The van der Waals surface area contributed by atoms with Crippen molar-refractivity contribution in [2.75, 3.05) is 27.2 Å². The van der Waals surface area contributed by atoms with Gasteiger partial charge in [0.2, 0.25) is 0 Å². The Kier molecular flexibility index (Phi) is 4.66. The van der Waals surface area contributed by atoms with Crippen molar-refractivity contribution in [1.29, 1.82) is 0 Å². The van der Waals surface area contributed by atoms with Crippen LogP contribution in [0.4, 0.5) is 0 Å². The van der Waals surface area contributed by atoms with Gasteiger partial charge in [-0.2, -0.15) is 0 Å². The molecule has 1 saturated heterocycles. The van der Waals surface area contributed by atoms with Crippen molar-refractivity contribution in [3.63, 3.8) is 0 Å². The Balaban J connectivity index is 1.27.